The molecule has 0 radical (unpaired) electrons. The number of rotatable bonds is 5. The molecular weight excluding hydrogens is 196 g/mol. The predicted molar refractivity (Wildman–Crippen MR) is 61.4 cm³/mol. The lowest BCUT2D eigenvalue weighted by Crippen LogP contribution is -2.39. The molecule has 1 aromatic heterocycles. The van der Waals surface area contributed by atoms with Crippen LogP contribution in [0, 0.1) is 0 Å². The topological polar surface area (TPSA) is 58.3 Å². The maximum atomic E-state index is 8.85. The third-order valence-electron chi connectivity index (χ3n) is 2.24. The lowest BCUT2D eigenvalue weighted by molar-refractivity contribution is 0.230. The molecule has 0 saturated heterocycles. The molecule has 0 saturated carbocycles. The summed E-state index contributed by atoms with van der Waals surface area (Å²) in [6, 6.07) is 1.92. The van der Waals surface area contributed by atoms with Crippen molar-refractivity contribution in [2.45, 2.75) is 32.4 Å². The quantitative estimate of drug-likeness (QED) is 0.697. The first-order valence-electron chi connectivity index (χ1n) is 4.73. The van der Waals surface area contributed by atoms with E-state index in [4.69, 9.17) is 10.8 Å². The van der Waals surface area contributed by atoms with E-state index in [0.717, 1.165) is 23.5 Å². The summed E-state index contributed by atoms with van der Waals surface area (Å²) < 4.78 is 0. The fourth-order valence-corrected chi connectivity index (χ4v) is 1.92. The minimum atomic E-state index is -0.0365. The van der Waals surface area contributed by atoms with Gasteiger partial charge in [-0.3, -0.25) is 0 Å². The zero-order valence-electron chi connectivity index (χ0n) is 8.71. The third-order valence-corrected chi connectivity index (χ3v) is 3.18. The molecule has 3 nitrogen and oxygen atoms in total. The zero-order chi connectivity index (χ0) is 10.6. The van der Waals surface area contributed by atoms with Crippen LogP contribution in [0.15, 0.2) is 11.4 Å². The Labute approximate surface area is 88.9 Å². The van der Waals surface area contributed by atoms with Crippen LogP contribution >= 0.6 is 11.3 Å². The molecule has 80 valence electrons. The Morgan fingerprint density at radius 2 is 2.29 bits per heavy atom. The Balaban J connectivity index is 2.44. The van der Waals surface area contributed by atoms with Gasteiger partial charge in [0, 0.05) is 29.3 Å². The molecule has 0 bridgehead atoms. The highest BCUT2D eigenvalue weighted by Gasteiger charge is 2.16. The molecule has 4 heteroatoms. The van der Waals surface area contributed by atoms with Crippen LogP contribution in [0.25, 0.3) is 0 Å². The van der Waals surface area contributed by atoms with Crippen LogP contribution in [0.2, 0.25) is 0 Å². The molecule has 14 heavy (non-hydrogen) atoms. The van der Waals surface area contributed by atoms with E-state index in [1.807, 2.05) is 11.4 Å². The number of hydrogen-bond donors (Lipinski definition) is 3. The molecule has 0 amide bonds. The number of nitrogen functional groups attached to an aromatic ring is 1. The van der Waals surface area contributed by atoms with Gasteiger partial charge >= 0.3 is 0 Å². The fourth-order valence-electron chi connectivity index (χ4n) is 1.18. The minimum absolute atomic E-state index is 0.0365. The Morgan fingerprint density at radius 3 is 2.79 bits per heavy atom. The van der Waals surface area contributed by atoms with Crippen molar-refractivity contribution in [2.75, 3.05) is 12.3 Å². The van der Waals surface area contributed by atoms with Gasteiger partial charge in [-0.05, 0) is 31.7 Å². The molecule has 0 aromatic carbocycles. The molecule has 1 aromatic rings. The minimum Gasteiger partial charge on any atom is -0.398 e. The summed E-state index contributed by atoms with van der Waals surface area (Å²) in [6.07, 6.45) is 0.748. The maximum absolute atomic E-state index is 8.85. The van der Waals surface area contributed by atoms with Crippen molar-refractivity contribution < 1.29 is 5.11 Å². The Kier molecular flexibility index (Phi) is 3.92. The second kappa shape index (κ2) is 4.77. The number of aliphatic hydroxyl groups excluding tert-OH is 1. The van der Waals surface area contributed by atoms with Gasteiger partial charge in [0.15, 0.2) is 0 Å². The summed E-state index contributed by atoms with van der Waals surface area (Å²) in [6.45, 7) is 5.14. The van der Waals surface area contributed by atoms with Crippen molar-refractivity contribution in [2.24, 2.45) is 0 Å². The van der Waals surface area contributed by atoms with Crippen LogP contribution in [0.4, 0.5) is 5.69 Å². The smallest absolute Gasteiger partial charge is 0.0468 e. The van der Waals surface area contributed by atoms with E-state index < -0.39 is 0 Å². The van der Waals surface area contributed by atoms with Crippen LogP contribution < -0.4 is 11.1 Å². The second-order valence-corrected chi connectivity index (χ2v) is 5.01. The first-order valence-corrected chi connectivity index (χ1v) is 5.61. The highest BCUT2D eigenvalue weighted by atomic mass is 32.1. The molecule has 1 rings (SSSR count). The Morgan fingerprint density at radius 1 is 1.57 bits per heavy atom. The first kappa shape index (κ1) is 11.5. The van der Waals surface area contributed by atoms with Crippen LogP contribution in [0.3, 0.4) is 0 Å². The van der Waals surface area contributed by atoms with Crippen molar-refractivity contribution in [1.29, 1.82) is 0 Å². The average Bonchev–Trinajstić information content (AvgIpc) is 2.48. The van der Waals surface area contributed by atoms with Gasteiger partial charge in [-0.15, -0.1) is 11.3 Å². The van der Waals surface area contributed by atoms with Crippen molar-refractivity contribution in [3.63, 3.8) is 0 Å². The SMILES string of the molecule is CC(C)(CCO)NCc1sccc1N. The summed E-state index contributed by atoms with van der Waals surface area (Å²) in [5.41, 5.74) is 6.58. The van der Waals surface area contributed by atoms with Crippen molar-refractivity contribution in [3.8, 4) is 0 Å². The molecule has 1 heterocycles. The van der Waals surface area contributed by atoms with Gasteiger partial charge in [0.05, 0.1) is 0 Å². The Bertz CT molecular complexity index is 283. The molecule has 0 spiro atoms. The summed E-state index contributed by atoms with van der Waals surface area (Å²) in [7, 11) is 0. The van der Waals surface area contributed by atoms with E-state index in [-0.39, 0.29) is 12.1 Å². The van der Waals surface area contributed by atoms with Crippen molar-refractivity contribution in [1.82, 2.24) is 5.32 Å². The van der Waals surface area contributed by atoms with Gasteiger partial charge in [0.1, 0.15) is 0 Å². The molecule has 0 aliphatic carbocycles. The number of aliphatic hydroxyl groups is 1. The molecule has 0 fully saturated rings. The van der Waals surface area contributed by atoms with Gasteiger partial charge in [-0.2, -0.15) is 0 Å². The summed E-state index contributed by atoms with van der Waals surface area (Å²) >= 11 is 1.66. The molecule has 0 unspecified atom stereocenters. The normalized spacial score (nSPS) is 11.9. The lowest BCUT2D eigenvalue weighted by Gasteiger charge is -2.25. The molecule has 0 aliphatic rings. The lowest BCUT2D eigenvalue weighted by atomic mass is 10.0. The highest BCUT2D eigenvalue weighted by Crippen LogP contribution is 2.19. The predicted octanol–water partition coefficient (Wildman–Crippen LogP) is 1.58. The van der Waals surface area contributed by atoms with E-state index in [2.05, 4.69) is 19.2 Å². The number of thiophene rings is 1. The third kappa shape index (κ3) is 3.29. The second-order valence-electron chi connectivity index (χ2n) is 4.01. The number of nitrogens with two attached hydrogens (primary N) is 1. The highest BCUT2D eigenvalue weighted by molar-refractivity contribution is 7.10. The standard InChI is InChI=1S/C10H18N2OS/c1-10(2,4-5-13)12-7-9-8(11)3-6-14-9/h3,6,12-13H,4-5,7,11H2,1-2H3. The number of nitrogens with one attached hydrogen (secondary N) is 1. The summed E-state index contributed by atoms with van der Waals surface area (Å²) in [5, 5.41) is 14.2. The van der Waals surface area contributed by atoms with Crippen molar-refractivity contribution in [3.05, 3.63) is 16.3 Å². The van der Waals surface area contributed by atoms with Gasteiger partial charge in [0.25, 0.3) is 0 Å². The summed E-state index contributed by atoms with van der Waals surface area (Å²) in [5.74, 6) is 0. The zero-order valence-corrected chi connectivity index (χ0v) is 9.53. The van der Waals surface area contributed by atoms with E-state index in [9.17, 15) is 0 Å². The van der Waals surface area contributed by atoms with Crippen LogP contribution in [0.5, 0.6) is 0 Å². The van der Waals surface area contributed by atoms with Crippen LogP contribution in [-0.4, -0.2) is 17.3 Å². The van der Waals surface area contributed by atoms with Gasteiger partial charge in [-0.25, -0.2) is 0 Å². The molecule has 0 aliphatic heterocycles. The van der Waals surface area contributed by atoms with E-state index >= 15 is 0 Å². The maximum Gasteiger partial charge on any atom is 0.0468 e. The van der Waals surface area contributed by atoms with E-state index in [0.29, 0.717) is 0 Å². The largest absolute Gasteiger partial charge is 0.398 e. The van der Waals surface area contributed by atoms with E-state index in [1.165, 1.54) is 0 Å². The summed E-state index contributed by atoms with van der Waals surface area (Å²) in [4.78, 5) is 1.16. The fraction of sp³-hybridized carbons (Fsp3) is 0.600. The number of anilines is 1. The van der Waals surface area contributed by atoms with Crippen molar-refractivity contribution >= 4 is 17.0 Å². The van der Waals surface area contributed by atoms with Crippen LogP contribution in [0.1, 0.15) is 25.1 Å². The molecular formula is C10H18N2OS. The average molecular weight is 214 g/mol. The Hall–Kier alpha value is -0.580. The van der Waals surface area contributed by atoms with E-state index in [1.54, 1.807) is 11.3 Å². The van der Waals surface area contributed by atoms with Gasteiger partial charge < -0.3 is 16.2 Å². The van der Waals surface area contributed by atoms with Gasteiger partial charge in [0.2, 0.25) is 0 Å². The molecule has 0 atom stereocenters. The van der Waals surface area contributed by atoms with Crippen LogP contribution in [-0.2, 0) is 6.54 Å². The monoisotopic (exact) mass is 214 g/mol. The van der Waals surface area contributed by atoms with Gasteiger partial charge in [-0.1, -0.05) is 0 Å². The first-order chi connectivity index (χ1) is 6.55. The number of hydrogen-bond acceptors (Lipinski definition) is 4. The molecule has 4 N–H and O–H groups in total.